The number of halogens is 1. The number of aryl methyl sites for hydroxylation is 1. The zero-order valence-electron chi connectivity index (χ0n) is 7.33. The first-order valence-corrected chi connectivity index (χ1v) is 4.21. The molecule has 0 saturated carbocycles. The van der Waals surface area contributed by atoms with E-state index in [1.807, 2.05) is 23.0 Å². The first kappa shape index (κ1) is 9.26. The molecule has 3 heteroatoms. The van der Waals surface area contributed by atoms with Gasteiger partial charge in [-0.1, -0.05) is 0 Å². The molecule has 0 saturated heterocycles. The van der Waals surface area contributed by atoms with Crippen molar-refractivity contribution in [1.82, 2.24) is 4.57 Å². The molecule has 0 aliphatic rings. The first-order chi connectivity index (χ1) is 5.72. The van der Waals surface area contributed by atoms with Gasteiger partial charge in [0.05, 0.1) is 6.17 Å². The lowest BCUT2D eigenvalue weighted by Crippen LogP contribution is -2.01. The quantitative estimate of drug-likeness (QED) is 0.732. The van der Waals surface area contributed by atoms with Crippen molar-refractivity contribution in [2.24, 2.45) is 5.73 Å². The Morgan fingerprint density at radius 3 is 2.92 bits per heavy atom. The van der Waals surface area contributed by atoms with Crippen LogP contribution in [-0.2, 0) is 13.1 Å². The Morgan fingerprint density at radius 1 is 1.67 bits per heavy atom. The molecule has 1 atom stereocenters. The van der Waals surface area contributed by atoms with Gasteiger partial charge in [-0.15, -0.1) is 0 Å². The molecule has 0 aromatic carbocycles. The summed E-state index contributed by atoms with van der Waals surface area (Å²) in [7, 11) is 0. The van der Waals surface area contributed by atoms with Gasteiger partial charge in [-0.25, -0.2) is 4.39 Å². The molecule has 1 aromatic heterocycles. The fourth-order valence-corrected chi connectivity index (χ4v) is 1.08. The van der Waals surface area contributed by atoms with E-state index in [-0.39, 0.29) is 0 Å². The van der Waals surface area contributed by atoms with Gasteiger partial charge in [0.25, 0.3) is 0 Å². The van der Waals surface area contributed by atoms with Crippen molar-refractivity contribution in [3.8, 4) is 0 Å². The monoisotopic (exact) mass is 170 g/mol. The molecule has 0 aliphatic heterocycles. The molecule has 1 rings (SSSR count). The number of rotatable bonds is 4. The predicted octanol–water partition coefficient (Wildman–Crippen LogP) is 1.69. The average Bonchev–Trinajstić information content (AvgIpc) is 2.48. The van der Waals surface area contributed by atoms with Crippen LogP contribution in [0.3, 0.4) is 0 Å². The number of hydrogen-bond donors (Lipinski definition) is 1. The minimum atomic E-state index is -0.728. The van der Waals surface area contributed by atoms with E-state index < -0.39 is 6.17 Å². The lowest BCUT2D eigenvalue weighted by molar-refractivity contribution is 0.326. The molecule has 0 aliphatic carbocycles. The van der Waals surface area contributed by atoms with Crippen LogP contribution in [0.5, 0.6) is 0 Å². The van der Waals surface area contributed by atoms with Gasteiger partial charge in [-0.2, -0.15) is 0 Å². The third kappa shape index (κ3) is 2.66. The summed E-state index contributed by atoms with van der Waals surface area (Å²) in [6.07, 6.45) is 3.74. The predicted molar refractivity (Wildman–Crippen MR) is 47.5 cm³/mol. The highest BCUT2D eigenvalue weighted by Gasteiger charge is 1.99. The molecule has 0 radical (unpaired) electrons. The lowest BCUT2D eigenvalue weighted by Gasteiger charge is -2.02. The molecular formula is C9H15FN2. The summed E-state index contributed by atoms with van der Waals surface area (Å²) in [5, 5.41) is 0. The van der Waals surface area contributed by atoms with Crippen LogP contribution in [0, 0.1) is 0 Å². The van der Waals surface area contributed by atoms with E-state index in [2.05, 4.69) is 0 Å². The van der Waals surface area contributed by atoms with Gasteiger partial charge in [0, 0.05) is 25.5 Å². The molecular weight excluding hydrogens is 155 g/mol. The summed E-state index contributed by atoms with van der Waals surface area (Å²) < 4.78 is 14.4. The minimum Gasteiger partial charge on any atom is -0.354 e. The highest BCUT2D eigenvalue weighted by molar-refractivity contribution is 5.09. The van der Waals surface area contributed by atoms with Gasteiger partial charge in [0.2, 0.25) is 0 Å². The number of hydrogen-bond acceptors (Lipinski definition) is 1. The lowest BCUT2D eigenvalue weighted by atomic mass is 10.3. The second-order valence-corrected chi connectivity index (χ2v) is 3.03. The van der Waals surface area contributed by atoms with E-state index in [1.165, 1.54) is 0 Å². The molecule has 68 valence electrons. The summed E-state index contributed by atoms with van der Waals surface area (Å²) in [5.41, 5.74) is 6.53. The van der Waals surface area contributed by atoms with Gasteiger partial charge in [-0.05, 0) is 25.0 Å². The molecule has 0 fully saturated rings. The van der Waals surface area contributed by atoms with E-state index in [0.29, 0.717) is 13.0 Å². The highest BCUT2D eigenvalue weighted by Crippen LogP contribution is 2.03. The number of aromatic nitrogens is 1. The second kappa shape index (κ2) is 4.26. The molecule has 12 heavy (non-hydrogen) atoms. The Bertz CT molecular complexity index is 230. The number of nitrogens with two attached hydrogens (primary N) is 1. The van der Waals surface area contributed by atoms with Gasteiger partial charge >= 0.3 is 0 Å². The smallest absolute Gasteiger partial charge is 0.0990 e. The van der Waals surface area contributed by atoms with Crippen molar-refractivity contribution < 1.29 is 4.39 Å². The Kier molecular flexibility index (Phi) is 3.29. The van der Waals surface area contributed by atoms with Crippen LogP contribution in [0.1, 0.15) is 18.9 Å². The van der Waals surface area contributed by atoms with Crippen molar-refractivity contribution >= 4 is 0 Å². The molecule has 1 aromatic rings. The largest absolute Gasteiger partial charge is 0.354 e. The summed E-state index contributed by atoms with van der Waals surface area (Å²) in [5.74, 6) is 0. The number of alkyl halides is 1. The third-order valence-corrected chi connectivity index (χ3v) is 1.83. The van der Waals surface area contributed by atoms with Crippen LogP contribution in [0.2, 0.25) is 0 Å². The molecule has 1 unspecified atom stereocenters. The molecule has 2 N–H and O–H groups in total. The number of nitrogens with zero attached hydrogens (tertiary/aromatic N) is 1. The van der Waals surface area contributed by atoms with Gasteiger partial charge in [-0.3, -0.25) is 0 Å². The van der Waals surface area contributed by atoms with Crippen molar-refractivity contribution in [2.45, 2.75) is 32.6 Å². The van der Waals surface area contributed by atoms with E-state index in [4.69, 9.17) is 5.73 Å². The molecule has 1 heterocycles. The maximum atomic E-state index is 12.4. The van der Waals surface area contributed by atoms with E-state index in [9.17, 15) is 4.39 Å². The van der Waals surface area contributed by atoms with E-state index in [1.54, 1.807) is 6.92 Å². The Labute approximate surface area is 72.2 Å². The SMILES string of the molecule is CC(F)CCn1ccc(CN)c1. The van der Waals surface area contributed by atoms with Gasteiger partial charge in [0.1, 0.15) is 0 Å². The zero-order chi connectivity index (χ0) is 8.97. The minimum absolute atomic E-state index is 0.554. The van der Waals surface area contributed by atoms with Gasteiger partial charge in [0.15, 0.2) is 0 Å². The van der Waals surface area contributed by atoms with Crippen LogP contribution in [-0.4, -0.2) is 10.7 Å². The molecule has 0 bridgehead atoms. The Morgan fingerprint density at radius 2 is 2.42 bits per heavy atom. The van der Waals surface area contributed by atoms with Crippen molar-refractivity contribution in [3.05, 3.63) is 24.0 Å². The van der Waals surface area contributed by atoms with Crippen LogP contribution in [0.25, 0.3) is 0 Å². The average molecular weight is 170 g/mol. The summed E-state index contributed by atoms with van der Waals surface area (Å²) in [6, 6.07) is 1.96. The van der Waals surface area contributed by atoms with Crippen LogP contribution in [0.4, 0.5) is 4.39 Å². The maximum Gasteiger partial charge on any atom is 0.0990 e. The second-order valence-electron chi connectivity index (χ2n) is 3.03. The van der Waals surface area contributed by atoms with Crippen LogP contribution in [0.15, 0.2) is 18.5 Å². The highest BCUT2D eigenvalue weighted by atomic mass is 19.1. The van der Waals surface area contributed by atoms with Gasteiger partial charge < -0.3 is 10.3 Å². The third-order valence-electron chi connectivity index (χ3n) is 1.83. The van der Waals surface area contributed by atoms with Crippen LogP contribution < -0.4 is 5.73 Å². The topological polar surface area (TPSA) is 30.9 Å². The first-order valence-electron chi connectivity index (χ1n) is 4.21. The van der Waals surface area contributed by atoms with Crippen molar-refractivity contribution in [1.29, 1.82) is 0 Å². The summed E-state index contributed by atoms with van der Waals surface area (Å²) >= 11 is 0. The fourth-order valence-electron chi connectivity index (χ4n) is 1.08. The Balaban J connectivity index is 2.41. The fraction of sp³-hybridized carbons (Fsp3) is 0.556. The van der Waals surface area contributed by atoms with Crippen molar-refractivity contribution in [2.75, 3.05) is 0 Å². The zero-order valence-corrected chi connectivity index (χ0v) is 7.33. The molecule has 2 nitrogen and oxygen atoms in total. The Hall–Kier alpha value is -0.830. The van der Waals surface area contributed by atoms with E-state index in [0.717, 1.165) is 12.1 Å². The summed E-state index contributed by atoms with van der Waals surface area (Å²) in [4.78, 5) is 0. The molecule has 0 amide bonds. The molecule has 0 spiro atoms. The normalized spacial score (nSPS) is 13.2. The van der Waals surface area contributed by atoms with Crippen molar-refractivity contribution in [3.63, 3.8) is 0 Å². The van der Waals surface area contributed by atoms with E-state index >= 15 is 0 Å². The standard InChI is InChI=1S/C9H15FN2/c1-8(10)2-4-12-5-3-9(6-11)7-12/h3,5,7-8H,2,4,6,11H2,1H3. The maximum absolute atomic E-state index is 12.4. The van der Waals surface area contributed by atoms with Crippen LogP contribution >= 0.6 is 0 Å². The summed E-state index contributed by atoms with van der Waals surface area (Å²) in [6.45, 7) is 2.86.